The predicted molar refractivity (Wildman–Crippen MR) is 110 cm³/mol. The van der Waals surface area contributed by atoms with Gasteiger partial charge in [-0.3, -0.25) is 4.99 Å². The Balaban J connectivity index is 1.35. The smallest absolute Gasteiger partial charge is 0.191 e. The summed E-state index contributed by atoms with van der Waals surface area (Å²) in [7, 11) is -0.674. The maximum Gasteiger partial charge on any atom is 0.191 e. The van der Waals surface area contributed by atoms with Crippen molar-refractivity contribution < 1.29 is 8.42 Å². The Morgan fingerprint density at radius 3 is 2.78 bits per heavy atom. The minimum Gasteiger partial charge on any atom is -0.374 e. The van der Waals surface area contributed by atoms with E-state index < -0.39 is 9.84 Å². The Morgan fingerprint density at radius 1 is 1.22 bits per heavy atom. The van der Waals surface area contributed by atoms with E-state index in [2.05, 4.69) is 46.8 Å². The van der Waals surface area contributed by atoms with Gasteiger partial charge in [0.25, 0.3) is 0 Å². The second kappa shape index (κ2) is 7.70. The first kappa shape index (κ1) is 18.6. The summed E-state index contributed by atoms with van der Waals surface area (Å²) in [5.74, 6) is 2.18. The molecule has 1 saturated carbocycles. The molecule has 148 valence electrons. The molecule has 2 heterocycles. The monoisotopic (exact) mass is 390 g/mol. The molecule has 0 bridgehead atoms. The van der Waals surface area contributed by atoms with Gasteiger partial charge < -0.3 is 15.5 Å². The Labute approximate surface area is 162 Å². The number of hydrogen-bond acceptors (Lipinski definition) is 4. The summed E-state index contributed by atoms with van der Waals surface area (Å²) in [6, 6.07) is 9.13. The Kier molecular flexibility index (Phi) is 5.30. The van der Waals surface area contributed by atoms with Crippen LogP contribution < -0.4 is 15.5 Å². The second-order valence-electron chi connectivity index (χ2n) is 8.34. The van der Waals surface area contributed by atoms with Crippen molar-refractivity contribution in [2.45, 2.75) is 31.7 Å². The van der Waals surface area contributed by atoms with E-state index >= 15 is 0 Å². The number of aliphatic imine (C=N–C) groups is 1. The molecule has 6 nitrogen and oxygen atoms in total. The molecule has 2 unspecified atom stereocenters. The normalized spacial score (nSPS) is 27.3. The van der Waals surface area contributed by atoms with Crippen molar-refractivity contribution in [2.75, 3.05) is 43.1 Å². The molecule has 7 heteroatoms. The second-order valence-corrected chi connectivity index (χ2v) is 10.6. The molecule has 1 aromatic carbocycles. The molecule has 2 fully saturated rings. The highest BCUT2D eigenvalue weighted by Crippen LogP contribution is 2.28. The quantitative estimate of drug-likeness (QED) is 0.588. The maximum atomic E-state index is 11.7. The summed E-state index contributed by atoms with van der Waals surface area (Å²) in [5, 5.41) is 6.88. The first-order valence-electron chi connectivity index (χ1n) is 10.0. The van der Waals surface area contributed by atoms with Crippen molar-refractivity contribution in [3.63, 3.8) is 0 Å². The first-order valence-corrected chi connectivity index (χ1v) is 11.8. The minimum absolute atomic E-state index is 0.203. The molecule has 4 rings (SSSR count). The van der Waals surface area contributed by atoms with E-state index in [4.69, 9.17) is 4.99 Å². The SMILES string of the molecule is CN1CC(CN=C(NCC2CCS(=O)(=O)C2)NC2CC2)Cc2ccccc21. The molecule has 1 aromatic rings. The lowest BCUT2D eigenvalue weighted by Gasteiger charge is -2.32. The van der Waals surface area contributed by atoms with Gasteiger partial charge in [0.05, 0.1) is 11.5 Å². The number of nitrogens with one attached hydrogen (secondary N) is 2. The van der Waals surface area contributed by atoms with Gasteiger partial charge in [-0.25, -0.2) is 8.42 Å². The Hall–Kier alpha value is -1.76. The van der Waals surface area contributed by atoms with Gasteiger partial charge in [0.15, 0.2) is 15.8 Å². The van der Waals surface area contributed by atoms with Crippen LogP contribution in [0.2, 0.25) is 0 Å². The summed E-state index contributed by atoms with van der Waals surface area (Å²) in [4.78, 5) is 7.17. The van der Waals surface area contributed by atoms with Crippen LogP contribution in [0.25, 0.3) is 0 Å². The summed E-state index contributed by atoms with van der Waals surface area (Å²) >= 11 is 0. The average molecular weight is 391 g/mol. The first-order chi connectivity index (χ1) is 13.0. The van der Waals surface area contributed by atoms with Crippen LogP contribution in [0.3, 0.4) is 0 Å². The lowest BCUT2D eigenvalue weighted by atomic mass is 9.93. The van der Waals surface area contributed by atoms with Gasteiger partial charge >= 0.3 is 0 Å². The molecule has 2 N–H and O–H groups in total. The molecule has 0 aromatic heterocycles. The van der Waals surface area contributed by atoms with Crippen LogP contribution in [0.4, 0.5) is 5.69 Å². The summed E-state index contributed by atoms with van der Waals surface area (Å²) in [6.07, 6.45) is 4.20. The molecular formula is C20H30N4O2S. The minimum atomic E-state index is -2.82. The van der Waals surface area contributed by atoms with E-state index in [-0.39, 0.29) is 5.92 Å². The van der Waals surface area contributed by atoms with Crippen LogP contribution in [-0.2, 0) is 16.3 Å². The number of para-hydroxylation sites is 1. The highest BCUT2D eigenvalue weighted by Gasteiger charge is 2.29. The third-order valence-electron chi connectivity index (χ3n) is 5.75. The molecule has 1 saturated heterocycles. The van der Waals surface area contributed by atoms with Crippen LogP contribution >= 0.6 is 0 Å². The fraction of sp³-hybridized carbons (Fsp3) is 0.650. The number of fused-ring (bicyclic) bond motifs is 1. The fourth-order valence-electron chi connectivity index (χ4n) is 4.11. The number of nitrogens with zero attached hydrogens (tertiary/aromatic N) is 2. The van der Waals surface area contributed by atoms with Gasteiger partial charge in [-0.1, -0.05) is 18.2 Å². The number of benzene rings is 1. The van der Waals surface area contributed by atoms with Crippen LogP contribution in [0, 0.1) is 11.8 Å². The van der Waals surface area contributed by atoms with Crippen molar-refractivity contribution in [3.8, 4) is 0 Å². The highest BCUT2D eigenvalue weighted by molar-refractivity contribution is 7.91. The zero-order chi connectivity index (χ0) is 18.9. The van der Waals surface area contributed by atoms with Crippen LogP contribution in [0.1, 0.15) is 24.8 Å². The van der Waals surface area contributed by atoms with E-state index in [1.165, 1.54) is 24.1 Å². The van der Waals surface area contributed by atoms with Crippen molar-refractivity contribution in [1.82, 2.24) is 10.6 Å². The van der Waals surface area contributed by atoms with E-state index in [0.29, 0.717) is 30.0 Å². The molecule has 0 radical (unpaired) electrons. The third kappa shape index (κ3) is 4.94. The van der Waals surface area contributed by atoms with Gasteiger partial charge in [-0.15, -0.1) is 0 Å². The van der Waals surface area contributed by atoms with Crippen molar-refractivity contribution in [2.24, 2.45) is 16.8 Å². The van der Waals surface area contributed by atoms with Gasteiger partial charge in [0.2, 0.25) is 0 Å². The van der Waals surface area contributed by atoms with Gasteiger partial charge in [0.1, 0.15) is 0 Å². The molecule has 1 aliphatic carbocycles. The Bertz CT molecular complexity index is 804. The average Bonchev–Trinajstić information content (AvgIpc) is 3.39. The lowest BCUT2D eigenvalue weighted by Crippen LogP contribution is -2.42. The summed E-state index contributed by atoms with van der Waals surface area (Å²) < 4.78 is 23.3. The summed E-state index contributed by atoms with van der Waals surface area (Å²) in [5.41, 5.74) is 2.72. The van der Waals surface area contributed by atoms with Crippen LogP contribution in [-0.4, -0.2) is 58.6 Å². The summed E-state index contributed by atoms with van der Waals surface area (Å²) in [6.45, 7) is 2.48. The van der Waals surface area contributed by atoms with Crippen LogP contribution in [0.5, 0.6) is 0 Å². The fourth-order valence-corrected chi connectivity index (χ4v) is 5.97. The number of hydrogen-bond donors (Lipinski definition) is 2. The highest BCUT2D eigenvalue weighted by atomic mass is 32.2. The predicted octanol–water partition coefficient (Wildman–Crippen LogP) is 1.43. The Morgan fingerprint density at radius 2 is 2.04 bits per heavy atom. The van der Waals surface area contributed by atoms with Gasteiger partial charge in [-0.2, -0.15) is 0 Å². The molecule has 27 heavy (non-hydrogen) atoms. The number of rotatable bonds is 5. The zero-order valence-corrected chi connectivity index (χ0v) is 16.8. The lowest BCUT2D eigenvalue weighted by molar-refractivity contribution is 0.511. The largest absolute Gasteiger partial charge is 0.374 e. The topological polar surface area (TPSA) is 73.8 Å². The number of anilines is 1. The van der Waals surface area contributed by atoms with E-state index in [1.54, 1.807) is 0 Å². The van der Waals surface area contributed by atoms with Crippen molar-refractivity contribution >= 4 is 21.5 Å². The molecule has 0 amide bonds. The van der Waals surface area contributed by atoms with Crippen molar-refractivity contribution in [3.05, 3.63) is 29.8 Å². The standard InChI is InChI=1S/C20H30N4O2S/c1-24-13-16(10-17-4-2-3-5-19(17)24)12-22-20(23-18-6-7-18)21-11-15-8-9-27(25,26)14-15/h2-5,15-16,18H,6-14H2,1H3,(H2,21,22,23). The molecule has 2 atom stereocenters. The van der Waals surface area contributed by atoms with Gasteiger partial charge in [-0.05, 0) is 43.2 Å². The van der Waals surface area contributed by atoms with E-state index in [0.717, 1.165) is 31.9 Å². The van der Waals surface area contributed by atoms with E-state index in [9.17, 15) is 8.42 Å². The molecule has 0 spiro atoms. The molecule has 3 aliphatic rings. The zero-order valence-electron chi connectivity index (χ0n) is 16.0. The van der Waals surface area contributed by atoms with Gasteiger partial charge in [0, 0.05) is 44.3 Å². The maximum absolute atomic E-state index is 11.7. The van der Waals surface area contributed by atoms with E-state index in [1.807, 2.05) is 0 Å². The van der Waals surface area contributed by atoms with Crippen molar-refractivity contribution in [1.29, 1.82) is 0 Å². The number of sulfone groups is 1. The number of guanidine groups is 1. The molecular weight excluding hydrogens is 360 g/mol. The molecule has 2 aliphatic heterocycles. The van der Waals surface area contributed by atoms with Crippen LogP contribution in [0.15, 0.2) is 29.3 Å². The third-order valence-corrected chi connectivity index (χ3v) is 7.59.